The lowest BCUT2D eigenvalue weighted by Gasteiger charge is -2.24. The first kappa shape index (κ1) is 9.43. The molecule has 2 N–H and O–H groups in total. The van der Waals surface area contributed by atoms with Crippen molar-refractivity contribution in [2.75, 3.05) is 19.6 Å². The SMILES string of the molecule is Ic1ccc(C2CNCCN2)cc1. The molecule has 2 rings (SSSR count). The summed E-state index contributed by atoms with van der Waals surface area (Å²) in [5, 5.41) is 6.87. The van der Waals surface area contributed by atoms with Gasteiger partial charge in [-0.15, -0.1) is 0 Å². The number of rotatable bonds is 1. The van der Waals surface area contributed by atoms with Crippen LogP contribution in [-0.2, 0) is 0 Å². The third-order valence-corrected chi connectivity index (χ3v) is 3.03. The topological polar surface area (TPSA) is 24.1 Å². The largest absolute Gasteiger partial charge is 0.314 e. The number of piperazine rings is 1. The predicted molar refractivity (Wildman–Crippen MR) is 62.8 cm³/mol. The number of halogens is 1. The minimum atomic E-state index is 0.491. The maximum Gasteiger partial charge on any atom is 0.0447 e. The number of hydrogen-bond donors (Lipinski definition) is 2. The van der Waals surface area contributed by atoms with Gasteiger partial charge in [-0.25, -0.2) is 0 Å². The van der Waals surface area contributed by atoms with Gasteiger partial charge in [0.1, 0.15) is 0 Å². The first-order valence-electron chi connectivity index (χ1n) is 4.56. The van der Waals surface area contributed by atoms with E-state index in [1.807, 2.05) is 0 Å². The second-order valence-corrected chi connectivity index (χ2v) is 4.51. The van der Waals surface area contributed by atoms with E-state index in [0.717, 1.165) is 19.6 Å². The summed E-state index contributed by atoms with van der Waals surface area (Å²) in [5.41, 5.74) is 1.38. The van der Waals surface area contributed by atoms with Crippen LogP contribution in [0.3, 0.4) is 0 Å². The minimum Gasteiger partial charge on any atom is -0.314 e. The second-order valence-electron chi connectivity index (χ2n) is 3.26. The van der Waals surface area contributed by atoms with Crippen LogP contribution in [0.25, 0.3) is 0 Å². The molecule has 3 heteroatoms. The molecule has 1 saturated heterocycles. The molecule has 70 valence electrons. The van der Waals surface area contributed by atoms with Gasteiger partial charge in [0.25, 0.3) is 0 Å². The van der Waals surface area contributed by atoms with E-state index in [-0.39, 0.29) is 0 Å². The summed E-state index contributed by atoms with van der Waals surface area (Å²) >= 11 is 2.33. The maximum atomic E-state index is 3.49. The quantitative estimate of drug-likeness (QED) is 0.766. The Morgan fingerprint density at radius 1 is 1.15 bits per heavy atom. The van der Waals surface area contributed by atoms with E-state index in [0.29, 0.717) is 6.04 Å². The molecule has 1 unspecified atom stereocenters. The normalized spacial score (nSPS) is 23.0. The molecule has 2 nitrogen and oxygen atoms in total. The van der Waals surface area contributed by atoms with Crippen LogP contribution < -0.4 is 10.6 Å². The molecule has 1 aliphatic rings. The van der Waals surface area contributed by atoms with Gasteiger partial charge in [0.15, 0.2) is 0 Å². The van der Waals surface area contributed by atoms with Crippen molar-refractivity contribution in [3.8, 4) is 0 Å². The molecule has 0 aromatic heterocycles. The van der Waals surface area contributed by atoms with E-state index in [1.165, 1.54) is 9.13 Å². The van der Waals surface area contributed by atoms with Gasteiger partial charge in [0, 0.05) is 29.2 Å². The molecule has 1 fully saturated rings. The van der Waals surface area contributed by atoms with Crippen LogP contribution in [0.4, 0.5) is 0 Å². The summed E-state index contributed by atoms with van der Waals surface area (Å²) in [6.45, 7) is 3.19. The highest BCUT2D eigenvalue weighted by molar-refractivity contribution is 14.1. The second kappa shape index (κ2) is 4.39. The van der Waals surface area contributed by atoms with Crippen molar-refractivity contribution in [3.63, 3.8) is 0 Å². The molecule has 1 aromatic carbocycles. The van der Waals surface area contributed by atoms with Gasteiger partial charge in [0.05, 0.1) is 0 Å². The molecule has 1 aromatic rings. The van der Waals surface area contributed by atoms with Crippen LogP contribution in [0.1, 0.15) is 11.6 Å². The van der Waals surface area contributed by atoms with Crippen LogP contribution >= 0.6 is 22.6 Å². The molecule has 1 atom stereocenters. The summed E-state index contributed by atoms with van der Waals surface area (Å²) in [4.78, 5) is 0. The van der Waals surface area contributed by atoms with Crippen molar-refractivity contribution < 1.29 is 0 Å². The summed E-state index contributed by atoms with van der Waals surface area (Å²) in [6.07, 6.45) is 0. The highest BCUT2D eigenvalue weighted by Gasteiger charge is 2.13. The average molecular weight is 288 g/mol. The van der Waals surface area contributed by atoms with Crippen molar-refractivity contribution in [2.24, 2.45) is 0 Å². The molecule has 0 aliphatic carbocycles. The molecule has 1 aliphatic heterocycles. The van der Waals surface area contributed by atoms with E-state index < -0.39 is 0 Å². The fourth-order valence-electron chi connectivity index (χ4n) is 1.58. The molecule has 0 bridgehead atoms. The van der Waals surface area contributed by atoms with Gasteiger partial charge in [-0.05, 0) is 40.3 Å². The third kappa shape index (κ3) is 2.42. The van der Waals surface area contributed by atoms with Crippen LogP contribution in [0.15, 0.2) is 24.3 Å². The fraction of sp³-hybridized carbons (Fsp3) is 0.400. The highest BCUT2D eigenvalue weighted by Crippen LogP contribution is 2.15. The Morgan fingerprint density at radius 3 is 2.54 bits per heavy atom. The zero-order chi connectivity index (χ0) is 9.10. The smallest absolute Gasteiger partial charge is 0.0447 e. The van der Waals surface area contributed by atoms with E-state index in [2.05, 4.69) is 57.5 Å². The standard InChI is InChI=1S/C10H13IN2/c11-9-3-1-8(2-4-9)10-7-12-5-6-13-10/h1-4,10,12-13H,5-7H2. The molecule has 1 heterocycles. The highest BCUT2D eigenvalue weighted by atomic mass is 127. The van der Waals surface area contributed by atoms with Crippen molar-refractivity contribution >= 4 is 22.6 Å². The van der Waals surface area contributed by atoms with Gasteiger partial charge in [-0.1, -0.05) is 12.1 Å². The van der Waals surface area contributed by atoms with Crippen LogP contribution in [0, 0.1) is 3.57 Å². The molecule has 0 spiro atoms. The monoisotopic (exact) mass is 288 g/mol. The van der Waals surface area contributed by atoms with Crippen molar-refractivity contribution in [3.05, 3.63) is 33.4 Å². The third-order valence-electron chi connectivity index (χ3n) is 2.31. The summed E-state index contributed by atoms with van der Waals surface area (Å²) < 4.78 is 1.30. The Hall–Kier alpha value is -0.130. The van der Waals surface area contributed by atoms with Gasteiger partial charge in [-0.3, -0.25) is 0 Å². The van der Waals surface area contributed by atoms with E-state index in [1.54, 1.807) is 0 Å². The van der Waals surface area contributed by atoms with E-state index in [9.17, 15) is 0 Å². The van der Waals surface area contributed by atoms with E-state index >= 15 is 0 Å². The van der Waals surface area contributed by atoms with Crippen LogP contribution in [0.2, 0.25) is 0 Å². The molecule has 0 saturated carbocycles. The number of nitrogens with one attached hydrogen (secondary N) is 2. The summed E-state index contributed by atoms with van der Waals surface area (Å²) in [6, 6.07) is 9.21. The average Bonchev–Trinajstić information content (AvgIpc) is 2.20. The first-order valence-corrected chi connectivity index (χ1v) is 5.64. The lowest BCUT2D eigenvalue weighted by Crippen LogP contribution is -2.42. The summed E-state index contributed by atoms with van der Waals surface area (Å²) in [5.74, 6) is 0. The molecular weight excluding hydrogens is 275 g/mol. The van der Waals surface area contributed by atoms with Gasteiger partial charge in [-0.2, -0.15) is 0 Å². The van der Waals surface area contributed by atoms with Crippen molar-refractivity contribution in [2.45, 2.75) is 6.04 Å². The Balaban J connectivity index is 2.10. The zero-order valence-electron chi connectivity index (χ0n) is 7.39. The van der Waals surface area contributed by atoms with Gasteiger partial charge in [0.2, 0.25) is 0 Å². The number of hydrogen-bond acceptors (Lipinski definition) is 2. The Kier molecular flexibility index (Phi) is 3.18. The van der Waals surface area contributed by atoms with E-state index in [4.69, 9.17) is 0 Å². The van der Waals surface area contributed by atoms with Crippen molar-refractivity contribution in [1.29, 1.82) is 0 Å². The fourth-order valence-corrected chi connectivity index (χ4v) is 1.94. The lowest BCUT2D eigenvalue weighted by atomic mass is 10.1. The molecular formula is C10H13IN2. The summed E-state index contributed by atoms with van der Waals surface area (Å²) in [7, 11) is 0. The first-order chi connectivity index (χ1) is 6.36. The maximum absolute atomic E-state index is 3.49. The molecule has 13 heavy (non-hydrogen) atoms. The van der Waals surface area contributed by atoms with Crippen LogP contribution in [0.5, 0.6) is 0 Å². The van der Waals surface area contributed by atoms with Gasteiger partial charge < -0.3 is 10.6 Å². The predicted octanol–water partition coefficient (Wildman–Crippen LogP) is 1.53. The zero-order valence-corrected chi connectivity index (χ0v) is 9.54. The Labute approximate surface area is 92.2 Å². The molecule has 0 radical (unpaired) electrons. The minimum absolute atomic E-state index is 0.491. The lowest BCUT2D eigenvalue weighted by molar-refractivity contribution is 0.430. The van der Waals surface area contributed by atoms with Gasteiger partial charge >= 0.3 is 0 Å². The van der Waals surface area contributed by atoms with Crippen molar-refractivity contribution in [1.82, 2.24) is 10.6 Å². The van der Waals surface area contributed by atoms with Crippen LogP contribution in [-0.4, -0.2) is 19.6 Å². The molecule has 0 amide bonds. The Morgan fingerprint density at radius 2 is 1.92 bits per heavy atom. The number of benzene rings is 1. The Bertz CT molecular complexity index is 265.